The fourth-order valence-electron chi connectivity index (χ4n) is 3.64. The molecule has 1 aliphatic carbocycles. The number of Topliss-reactive ketones (excluding diaryl/α,β-unsaturated/α-hetero) is 1. The van der Waals surface area contributed by atoms with Crippen LogP contribution in [0.1, 0.15) is 41.7 Å². The van der Waals surface area contributed by atoms with Gasteiger partial charge in [0.15, 0.2) is 5.78 Å². The van der Waals surface area contributed by atoms with Gasteiger partial charge in [0.05, 0.1) is 12.7 Å². The summed E-state index contributed by atoms with van der Waals surface area (Å²) in [5.41, 5.74) is 2.11. The fourth-order valence-corrected chi connectivity index (χ4v) is 3.64. The van der Waals surface area contributed by atoms with Gasteiger partial charge in [0.2, 0.25) is 5.89 Å². The maximum atomic E-state index is 13.1. The summed E-state index contributed by atoms with van der Waals surface area (Å²) < 4.78 is 24.6. The first-order valence-electron chi connectivity index (χ1n) is 9.60. The summed E-state index contributed by atoms with van der Waals surface area (Å²) >= 11 is 0. The van der Waals surface area contributed by atoms with E-state index in [1.54, 1.807) is 12.1 Å². The molecule has 0 spiro atoms. The molecular weight excluding hydrogens is 357 g/mol. The monoisotopic (exact) mass is 379 g/mol. The summed E-state index contributed by atoms with van der Waals surface area (Å²) in [6, 6.07) is 15.9. The van der Waals surface area contributed by atoms with Gasteiger partial charge < -0.3 is 9.15 Å². The Morgan fingerprint density at radius 2 is 1.89 bits per heavy atom. The average Bonchev–Trinajstić information content (AvgIpc) is 3.23. The van der Waals surface area contributed by atoms with Gasteiger partial charge in [-0.25, -0.2) is 9.37 Å². The lowest BCUT2D eigenvalue weighted by atomic mass is 9.83. The number of aromatic nitrogens is 1. The molecule has 5 heteroatoms. The SMILES string of the molecule is O=C(c1coc(-c2ccc(F)cc2)n1)[C@H]1CCC[C@@H](OCc2ccccc2)C1. The predicted molar refractivity (Wildman–Crippen MR) is 103 cm³/mol. The molecule has 0 bridgehead atoms. The van der Waals surface area contributed by atoms with Crippen LogP contribution in [0, 0.1) is 11.7 Å². The standard InChI is InChI=1S/C23H22FNO3/c24-19-11-9-17(10-12-19)23-25-21(15-28-23)22(26)18-7-4-8-20(13-18)27-14-16-5-2-1-3-6-16/h1-3,5-6,9-12,15,18,20H,4,7-8,13-14H2/t18-,20+/m0/s1. The number of ether oxygens (including phenoxy) is 1. The molecule has 0 radical (unpaired) electrons. The second kappa shape index (κ2) is 8.48. The van der Waals surface area contributed by atoms with Crippen molar-refractivity contribution in [3.63, 3.8) is 0 Å². The molecule has 4 rings (SSSR count). The van der Waals surface area contributed by atoms with E-state index in [1.165, 1.54) is 18.4 Å². The number of nitrogens with zero attached hydrogens (tertiary/aromatic N) is 1. The molecule has 0 saturated heterocycles. The van der Waals surface area contributed by atoms with Crippen molar-refractivity contribution in [1.82, 2.24) is 4.98 Å². The van der Waals surface area contributed by atoms with Crippen molar-refractivity contribution in [1.29, 1.82) is 0 Å². The van der Waals surface area contributed by atoms with Crippen LogP contribution >= 0.6 is 0 Å². The van der Waals surface area contributed by atoms with Crippen LogP contribution in [0.25, 0.3) is 11.5 Å². The molecule has 4 nitrogen and oxygen atoms in total. The van der Waals surface area contributed by atoms with Gasteiger partial charge >= 0.3 is 0 Å². The zero-order chi connectivity index (χ0) is 19.3. The number of carbonyl (C=O) groups excluding carboxylic acids is 1. The van der Waals surface area contributed by atoms with Crippen molar-refractivity contribution in [2.45, 2.75) is 38.4 Å². The Labute approximate surface area is 163 Å². The van der Waals surface area contributed by atoms with Crippen molar-refractivity contribution < 1.29 is 18.3 Å². The third-order valence-electron chi connectivity index (χ3n) is 5.17. The van der Waals surface area contributed by atoms with Gasteiger partial charge in [0, 0.05) is 11.5 Å². The molecule has 1 aliphatic rings. The fraction of sp³-hybridized carbons (Fsp3) is 0.304. The first kappa shape index (κ1) is 18.6. The van der Waals surface area contributed by atoms with Gasteiger partial charge in [-0.1, -0.05) is 36.8 Å². The summed E-state index contributed by atoms with van der Waals surface area (Å²) in [6.07, 6.45) is 4.93. The number of hydrogen-bond acceptors (Lipinski definition) is 4. The summed E-state index contributed by atoms with van der Waals surface area (Å²) in [5, 5.41) is 0. The van der Waals surface area contributed by atoms with Crippen molar-refractivity contribution in [2.75, 3.05) is 0 Å². The summed E-state index contributed by atoms with van der Waals surface area (Å²) in [6.45, 7) is 0.561. The van der Waals surface area contributed by atoms with Gasteiger partial charge in [0.1, 0.15) is 17.8 Å². The van der Waals surface area contributed by atoms with Crippen molar-refractivity contribution in [3.8, 4) is 11.5 Å². The lowest BCUT2D eigenvalue weighted by Crippen LogP contribution is -2.28. The second-order valence-corrected chi connectivity index (χ2v) is 7.19. The van der Waals surface area contributed by atoms with Crippen molar-refractivity contribution >= 4 is 5.78 Å². The third-order valence-corrected chi connectivity index (χ3v) is 5.17. The van der Waals surface area contributed by atoms with Crippen LogP contribution in [0.5, 0.6) is 0 Å². The number of rotatable bonds is 6. The molecule has 0 amide bonds. The number of benzene rings is 2. The van der Waals surface area contributed by atoms with Crippen LogP contribution in [0.3, 0.4) is 0 Å². The van der Waals surface area contributed by atoms with Crippen molar-refractivity contribution in [3.05, 3.63) is 77.9 Å². The van der Waals surface area contributed by atoms with E-state index in [2.05, 4.69) is 4.98 Å². The molecule has 28 heavy (non-hydrogen) atoms. The van der Waals surface area contributed by atoms with Crippen LogP contribution < -0.4 is 0 Å². The lowest BCUT2D eigenvalue weighted by molar-refractivity contribution is 0.00372. The van der Waals surface area contributed by atoms with Crippen LogP contribution in [0.2, 0.25) is 0 Å². The molecule has 3 aromatic rings. The molecule has 0 N–H and O–H groups in total. The number of ketones is 1. The Morgan fingerprint density at radius 1 is 1.11 bits per heavy atom. The number of halogens is 1. The molecular formula is C23H22FNO3. The second-order valence-electron chi connectivity index (χ2n) is 7.19. The van der Waals surface area contributed by atoms with E-state index in [-0.39, 0.29) is 23.6 Å². The highest BCUT2D eigenvalue weighted by molar-refractivity contribution is 5.96. The van der Waals surface area contributed by atoms with E-state index in [4.69, 9.17) is 9.15 Å². The van der Waals surface area contributed by atoms with E-state index >= 15 is 0 Å². The van der Waals surface area contributed by atoms with Crippen molar-refractivity contribution in [2.24, 2.45) is 5.92 Å². The maximum Gasteiger partial charge on any atom is 0.226 e. The number of carbonyl (C=O) groups is 1. The minimum Gasteiger partial charge on any atom is -0.444 e. The lowest BCUT2D eigenvalue weighted by Gasteiger charge is -2.28. The van der Waals surface area contributed by atoms with Gasteiger partial charge in [-0.05, 0) is 49.1 Å². The summed E-state index contributed by atoms with van der Waals surface area (Å²) in [7, 11) is 0. The highest BCUT2D eigenvalue weighted by Gasteiger charge is 2.30. The minimum absolute atomic E-state index is 0.00915. The normalized spacial score (nSPS) is 19.5. The zero-order valence-corrected chi connectivity index (χ0v) is 15.5. The first-order chi connectivity index (χ1) is 13.7. The van der Waals surface area contributed by atoms with E-state index in [1.807, 2.05) is 30.3 Å². The van der Waals surface area contributed by atoms with Crippen LogP contribution in [0.4, 0.5) is 4.39 Å². The highest BCUT2D eigenvalue weighted by Crippen LogP contribution is 2.30. The van der Waals surface area contributed by atoms with E-state index in [0.717, 1.165) is 24.8 Å². The van der Waals surface area contributed by atoms with E-state index < -0.39 is 0 Å². The minimum atomic E-state index is -0.324. The van der Waals surface area contributed by atoms with E-state index in [0.29, 0.717) is 30.2 Å². The molecule has 2 atom stereocenters. The number of oxazole rings is 1. The Kier molecular flexibility index (Phi) is 5.63. The van der Waals surface area contributed by atoms with Crippen LogP contribution in [0.15, 0.2) is 65.3 Å². The largest absolute Gasteiger partial charge is 0.444 e. The Balaban J connectivity index is 1.38. The van der Waals surface area contributed by atoms with Gasteiger partial charge in [-0.3, -0.25) is 4.79 Å². The predicted octanol–water partition coefficient (Wildman–Crippen LogP) is 5.44. The molecule has 1 heterocycles. The highest BCUT2D eigenvalue weighted by atomic mass is 19.1. The third kappa shape index (κ3) is 4.37. The summed E-state index contributed by atoms with van der Waals surface area (Å²) in [5.74, 6) is -0.114. The van der Waals surface area contributed by atoms with Crippen LogP contribution in [-0.4, -0.2) is 16.9 Å². The van der Waals surface area contributed by atoms with Gasteiger partial charge in [-0.2, -0.15) is 0 Å². The molecule has 1 fully saturated rings. The first-order valence-corrected chi connectivity index (χ1v) is 9.60. The molecule has 1 saturated carbocycles. The molecule has 0 aliphatic heterocycles. The molecule has 144 valence electrons. The molecule has 1 aromatic heterocycles. The molecule has 2 aromatic carbocycles. The zero-order valence-electron chi connectivity index (χ0n) is 15.5. The average molecular weight is 379 g/mol. The number of hydrogen-bond donors (Lipinski definition) is 0. The van der Waals surface area contributed by atoms with Crippen LogP contribution in [-0.2, 0) is 11.3 Å². The topological polar surface area (TPSA) is 52.3 Å². The Hall–Kier alpha value is -2.79. The molecule has 0 unspecified atom stereocenters. The Morgan fingerprint density at radius 3 is 2.68 bits per heavy atom. The van der Waals surface area contributed by atoms with E-state index in [9.17, 15) is 9.18 Å². The summed E-state index contributed by atoms with van der Waals surface area (Å²) in [4.78, 5) is 17.2. The maximum absolute atomic E-state index is 13.1. The smallest absolute Gasteiger partial charge is 0.226 e. The Bertz CT molecular complexity index is 921. The van der Waals surface area contributed by atoms with Gasteiger partial charge in [-0.15, -0.1) is 0 Å². The quantitative estimate of drug-likeness (QED) is 0.535. The van der Waals surface area contributed by atoms with Gasteiger partial charge in [0.25, 0.3) is 0 Å².